The van der Waals surface area contributed by atoms with E-state index in [1.807, 2.05) is 42.5 Å². The Morgan fingerprint density at radius 1 is 0.967 bits per heavy atom. The van der Waals surface area contributed by atoms with Crippen LogP contribution in [0.5, 0.6) is 0 Å². The molecular weight excluding hydrogens is 444 g/mol. The van der Waals surface area contributed by atoms with Crippen molar-refractivity contribution < 1.29 is 14.4 Å². The van der Waals surface area contributed by atoms with Gasteiger partial charge in [-0.15, -0.1) is 0 Å². The fourth-order valence-electron chi connectivity index (χ4n) is 5.13. The smallest absolute Gasteiger partial charge is 0.248 e. The molecule has 2 aromatic carbocycles. The molecule has 2 bridgehead atoms. The standard InChI is InChI=1S/C24H21BrN2O3/c25-17-8-10-18(11-9-17)26-22(28)19(12-14-4-2-1-3-5-14)27-23(29)20-15-6-7-16(13-15)21(20)24(27)30/h1-11,15-16,19-21H,12-13H2,(H,26,28)/t15-,16-,19-,20+,21+/m0/s1. The van der Waals surface area contributed by atoms with E-state index in [4.69, 9.17) is 0 Å². The molecule has 5 rings (SSSR count). The lowest BCUT2D eigenvalue weighted by Crippen LogP contribution is -2.49. The van der Waals surface area contributed by atoms with E-state index in [1.54, 1.807) is 12.1 Å². The zero-order valence-electron chi connectivity index (χ0n) is 16.2. The number of hydrogen-bond acceptors (Lipinski definition) is 3. The third kappa shape index (κ3) is 3.19. The number of allylic oxidation sites excluding steroid dienone is 2. The summed E-state index contributed by atoms with van der Waals surface area (Å²) in [6, 6.07) is 15.9. The van der Waals surface area contributed by atoms with Crippen molar-refractivity contribution in [1.82, 2.24) is 4.90 Å². The number of benzene rings is 2. The zero-order chi connectivity index (χ0) is 20.8. The molecule has 0 radical (unpaired) electrons. The third-order valence-electron chi connectivity index (χ3n) is 6.50. The SMILES string of the molecule is O=C(Nc1ccc(Br)cc1)[C@H](Cc1ccccc1)N1C(=O)[C@H]2[C@H](C1=O)[C@H]1C=C[C@H]2C1. The summed E-state index contributed by atoms with van der Waals surface area (Å²) in [5.41, 5.74) is 1.54. The minimum Gasteiger partial charge on any atom is -0.324 e. The van der Waals surface area contributed by atoms with Crippen molar-refractivity contribution >= 4 is 39.3 Å². The summed E-state index contributed by atoms with van der Waals surface area (Å²) in [5.74, 6) is -1.13. The molecular formula is C24H21BrN2O3. The number of imide groups is 1. The number of carbonyl (C=O) groups excluding carboxylic acids is 3. The maximum atomic E-state index is 13.3. The van der Waals surface area contributed by atoms with Crippen molar-refractivity contribution in [3.63, 3.8) is 0 Å². The first-order valence-electron chi connectivity index (χ1n) is 10.2. The molecule has 1 heterocycles. The summed E-state index contributed by atoms with van der Waals surface area (Å²) in [5, 5.41) is 2.89. The minimum absolute atomic E-state index is 0.119. The third-order valence-corrected chi connectivity index (χ3v) is 7.03. The Hall–Kier alpha value is -2.73. The number of likely N-dealkylation sites (tertiary alicyclic amines) is 1. The van der Waals surface area contributed by atoms with Crippen molar-refractivity contribution in [2.75, 3.05) is 5.32 Å². The van der Waals surface area contributed by atoms with Crippen molar-refractivity contribution in [3.05, 3.63) is 76.8 Å². The first-order valence-corrected chi connectivity index (χ1v) is 11.0. The lowest BCUT2D eigenvalue weighted by Gasteiger charge is -2.27. The largest absolute Gasteiger partial charge is 0.324 e. The van der Waals surface area contributed by atoms with Crippen molar-refractivity contribution in [3.8, 4) is 0 Å². The van der Waals surface area contributed by atoms with Crippen molar-refractivity contribution in [2.45, 2.75) is 18.9 Å². The van der Waals surface area contributed by atoms with Crippen molar-refractivity contribution in [1.29, 1.82) is 0 Å². The van der Waals surface area contributed by atoms with E-state index >= 15 is 0 Å². The molecule has 2 fully saturated rings. The van der Waals surface area contributed by atoms with E-state index < -0.39 is 6.04 Å². The second-order valence-corrected chi connectivity index (χ2v) is 9.16. The molecule has 6 heteroatoms. The Labute approximate surface area is 183 Å². The van der Waals surface area contributed by atoms with E-state index in [1.165, 1.54) is 4.90 Å². The van der Waals surface area contributed by atoms with E-state index in [-0.39, 0.29) is 41.4 Å². The highest BCUT2D eigenvalue weighted by molar-refractivity contribution is 9.10. The van der Waals surface area contributed by atoms with Crippen LogP contribution in [0.2, 0.25) is 0 Å². The first-order chi connectivity index (χ1) is 14.5. The van der Waals surface area contributed by atoms with Crippen LogP contribution in [0.15, 0.2) is 71.2 Å². The highest BCUT2D eigenvalue weighted by Crippen LogP contribution is 2.53. The number of nitrogens with one attached hydrogen (secondary N) is 1. The van der Waals surface area contributed by atoms with Gasteiger partial charge in [0.2, 0.25) is 17.7 Å². The average Bonchev–Trinajstić information content (AvgIpc) is 3.43. The van der Waals surface area contributed by atoms with Gasteiger partial charge >= 0.3 is 0 Å². The van der Waals surface area contributed by atoms with Gasteiger partial charge in [0.1, 0.15) is 6.04 Å². The van der Waals surface area contributed by atoms with Gasteiger partial charge in [-0.1, -0.05) is 58.4 Å². The summed E-state index contributed by atoms with van der Waals surface area (Å²) in [6.45, 7) is 0. The Bertz CT molecular complexity index is 1000. The van der Waals surface area contributed by atoms with Gasteiger partial charge in [-0.05, 0) is 48.1 Å². The number of hydrogen-bond donors (Lipinski definition) is 1. The summed E-state index contributed by atoms with van der Waals surface area (Å²) < 4.78 is 0.905. The molecule has 5 nitrogen and oxygen atoms in total. The van der Waals surface area contributed by atoms with Gasteiger partial charge in [0.05, 0.1) is 11.8 Å². The van der Waals surface area contributed by atoms with Crippen molar-refractivity contribution in [2.24, 2.45) is 23.7 Å². The number of halogens is 1. The molecule has 2 aromatic rings. The molecule has 30 heavy (non-hydrogen) atoms. The molecule has 5 atom stereocenters. The highest BCUT2D eigenvalue weighted by Gasteiger charge is 2.61. The lowest BCUT2D eigenvalue weighted by molar-refractivity contribution is -0.147. The van der Waals surface area contributed by atoms with Gasteiger partial charge in [0.15, 0.2) is 0 Å². The number of amides is 3. The predicted molar refractivity (Wildman–Crippen MR) is 116 cm³/mol. The molecule has 0 unspecified atom stereocenters. The van der Waals surface area contributed by atoms with Crippen LogP contribution >= 0.6 is 15.9 Å². The van der Waals surface area contributed by atoms with Crippen LogP contribution in [-0.4, -0.2) is 28.7 Å². The van der Waals surface area contributed by atoms with Crippen LogP contribution in [-0.2, 0) is 20.8 Å². The molecule has 1 saturated carbocycles. The summed E-state index contributed by atoms with van der Waals surface area (Å²) in [7, 11) is 0. The van der Waals surface area contributed by atoms with E-state index in [9.17, 15) is 14.4 Å². The molecule has 3 aliphatic rings. The molecule has 1 aliphatic heterocycles. The highest BCUT2D eigenvalue weighted by atomic mass is 79.9. The van der Waals surface area contributed by atoms with Gasteiger partial charge in [-0.3, -0.25) is 19.3 Å². The van der Waals surface area contributed by atoms with Crippen LogP contribution < -0.4 is 5.32 Å². The molecule has 3 amide bonds. The van der Waals surface area contributed by atoms with Crippen LogP contribution in [0.4, 0.5) is 5.69 Å². The summed E-state index contributed by atoms with van der Waals surface area (Å²) in [4.78, 5) is 41.2. The van der Waals surface area contributed by atoms with Gasteiger partial charge < -0.3 is 5.32 Å². The Balaban J connectivity index is 1.45. The maximum Gasteiger partial charge on any atom is 0.248 e. The Morgan fingerprint density at radius 2 is 1.57 bits per heavy atom. The Kier molecular flexibility index (Phi) is 4.82. The number of carbonyl (C=O) groups is 3. The quantitative estimate of drug-likeness (QED) is 0.540. The molecule has 152 valence electrons. The molecule has 1 N–H and O–H groups in total. The second kappa shape index (κ2) is 7.51. The summed E-state index contributed by atoms with van der Waals surface area (Å²) >= 11 is 3.38. The fourth-order valence-corrected chi connectivity index (χ4v) is 5.39. The monoisotopic (exact) mass is 464 g/mol. The predicted octanol–water partition coefficient (Wildman–Crippen LogP) is 3.81. The van der Waals surface area contributed by atoms with Crippen LogP contribution in [0.1, 0.15) is 12.0 Å². The maximum absolute atomic E-state index is 13.3. The minimum atomic E-state index is -0.874. The van der Waals surface area contributed by atoms with E-state index in [0.29, 0.717) is 12.1 Å². The van der Waals surface area contributed by atoms with Gasteiger partial charge in [0.25, 0.3) is 0 Å². The Morgan fingerprint density at radius 3 is 2.17 bits per heavy atom. The van der Waals surface area contributed by atoms with Gasteiger partial charge in [0, 0.05) is 16.6 Å². The number of anilines is 1. The average molecular weight is 465 g/mol. The number of fused-ring (bicyclic) bond motifs is 5. The van der Waals surface area contributed by atoms with Gasteiger partial charge in [-0.2, -0.15) is 0 Å². The fraction of sp³-hybridized carbons (Fsp3) is 0.292. The molecule has 1 saturated heterocycles. The lowest BCUT2D eigenvalue weighted by atomic mass is 9.85. The summed E-state index contributed by atoms with van der Waals surface area (Å²) in [6.07, 6.45) is 5.29. The molecule has 0 aromatic heterocycles. The zero-order valence-corrected chi connectivity index (χ0v) is 17.8. The van der Waals surface area contributed by atoms with Gasteiger partial charge in [-0.25, -0.2) is 0 Å². The normalized spacial score (nSPS) is 27.4. The second-order valence-electron chi connectivity index (χ2n) is 8.25. The first kappa shape index (κ1) is 19.2. The molecule has 0 spiro atoms. The van der Waals surface area contributed by atoms with E-state index in [2.05, 4.69) is 33.4 Å². The number of rotatable bonds is 5. The number of nitrogens with zero attached hydrogens (tertiary/aromatic N) is 1. The van der Waals surface area contributed by atoms with Crippen LogP contribution in [0.25, 0.3) is 0 Å². The van der Waals surface area contributed by atoms with Crippen LogP contribution in [0.3, 0.4) is 0 Å². The van der Waals surface area contributed by atoms with E-state index in [0.717, 1.165) is 16.5 Å². The molecule has 2 aliphatic carbocycles. The topological polar surface area (TPSA) is 66.5 Å². The van der Waals surface area contributed by atoms with Crippen LogP contribution in [0, 0.1) is 23.7 Å².